The van der Waals surface area contributed by atoms with E-state index in [-0.39, 0.29) is 25.7 Å². The molecule has 0 aliphatic heterocycles. The van der Waals surface area contributed by atoms with Crippen LogP contribution in [0.1, 0.15) is 25.7 Å². The molecule has 8 unspecified atom stereocenters. The summed E-state index contributed by atoms with van der Waals surface area (Å²) in [5.74, 6) is -12.4. The fourth-order valence-corrected chi connectivity index (χ4v) is 1.53. The molecule has 0 aromatic rings. The molecule has 0 bridgehead atoms. The molecule has 0 aliphatic rings. The van der Waals surface area contributed by atoms with Crippen molar-refractivity contribution in [3.63, 3.8) is 0 Å². The lowest BCUT2D eigenvalue weighted by Crippen LogP contribution is -2.34. The average molecular weight is 949 g/mol. The summed E-state index contributed by atoms with van der Waals surface area (Å²) in [6, 6.07) is -9.16. The van der Waals surface area contributed by atoms with E-state index in [4.69, 9.17) is 107 Å². The highest BCUT2D eigenvalue weighted by molar-refractivity contribution is 5.84. The highest BCUT2D eigenvalue weighted by Crippen LogP contribution is 1.86. The maximum absolute atomic E-state index is 9.99. The van der Waals surface area contributed by atoms with E-state index < -0.39 is 146 Å². The van der Waals surface area contributed by atoms with E-state index in [9.17, 15) is 57.5 Å². The Bertz CT molecular complexity index is 1230. The number of aliphatic hydroxyl groups is 4. The molecule has 36 heteroatoms. The van der Waals surface area contributed by atoms with Gasteiger partial charge in [0.1, 0.15) is 48.3 Å². The molecule has 64 heavy (non-hydrogen) atoms. The second-order valence-electron chi connectivity index (χ2n) is 11.0. The largest absolute Gasteiger partial charge is 0.480 e. The first-order valence-corrected chi connectivity index (χ1v) is 16.3. The second kappa shape index (κ2) is 45.7. The molecule has 0 aliphatic carbocycles. The van der Waals surface area contributed by atoms with E-state index in [1.54, 1.807) is 0 Å². The van der Waals surface area contributed by atoms with Gasteiger partial charge in [-0.2, -0.15) is 0 Å². The van der Waals surface area contributed by atoms with Crippen LogP contribution < -0.4 is 68.8 Å². The molecule has 0 heterocycles. The van der Waals surface area contributed by atoms with Crippen molar-refractivity contribution in [1.29, 1.82) is 0 Å². The van der Waals surface area contributed by atoms with Crippen LogP contribution in [0.3, 0.4) is 0 Å². The van der Waals surface area contributed by atoms with Crippen molar-refractivity contribution in [2.75, 3.05) is 26.4 Å². The first-order valence-electron chi connectivity index (χ1n) is 16.3. The molecule has 0 fully saturated rings. The number of aliphatic carboxylic acids is 8. The van der Waals surface area contributed by atoms with Gasteiger partial charge in [-0.05, 0) is 0 Å². The van der Waals surface area contributed by atoms with Gasteiger partial charge in [0.25, 0.3) is 0 Å². The lowest BCUT2D eigenvalue weighted by atomic mass is 10.2. The first-order chi connectivity index (χ1) is 28.9. The van der Waals surface area contributed by atoms with Gasteiger partial charge in [0.05, 0.1) is 52.1 Å². The van der Waals surface area contributed by atoms with Gasteiger partial charge in [0, 0.05) is 0 Å². The third kappa shape index (κ3) is 67.0. The molecule has 0 spiro atoms. The Morgan fingerprint density at radius 3 is 0.359 bits per heavy atom. The molecule has 0 saturated heterocycles. The average Bonchev–Trinajstić information content (AvgIpc) is 3.16. The molecular formula is C28H60N12O24. The van der Waals surface area contributed by atoms with E-state index in [1.165, 1.54) is 0 Å². The zero-order valence-corrected chi connectivity index (χ0v) is 33.5. The minimum absolute atomic E-state index is 0.310. The number of amides is 4. The van der Waals surface area contributed by atoms with Crippen molar-refractivity contribution in [3.05, 3.63) is 0 Å². The van der Waals surface area contributed by atoms with Gasteiger partial charge >= 0.3 is 47.8 Å². The molecule has 8 atom stereocenters. The lowest BCUT2D eigenvalue weighted by molar-refractivity contribution is -0.140. The standard InChI is InChI=1S/4C4H8N2O3.4C3H7NO3/c4*5-2(4(8)9)1-3(6)7;4*4-2(1-5)3(6)7/h4*2H,1,5H2,(H2,6,7)(H,8,9);4*2,5H,1,4H2,(H,6,7). The number of carbonyl (C=O) groups is 12. The normalized spacial score (nSPS) is 12.9. The van der Waals surface area contributed by atoms with Crippen LogP contribution in [0, 0.1) is 0 Å². The summed E-state index contributed by atoms with van der Waals surface area (Å²) in [4.78, 5) is 118. The van der Waals surface area contributed by atoms with E-state index >= 15 is 0 Å². The number of rotatable bonds is 20. The predicted molar refractivity (Wildman–Crippen MR) is 208 cm³/mol. The van der Waals surface area contributed by atoms with Crippen LogP contribution in [0.4, 0.5) is 0 Å². The SMILES string of the molecule is NC(=O)CC(N)C(=O)O.NC(=O)CC(N)C(=O)O.NC(=O)CC(N)C(=O)O.NC(=O)CC(N)C(=O)O.NC(CO)C(=O)O.NC(CO)C(=O)O.NC(CO)C(=O)O.NC(CO)C(=O)O. The molecule has 36 N–H and O–H groups in total. The summed E-state index contributed by atoms with van der Waals surface area (Å²) in [5, 5.41) is 96.0. The van der Waals surface area contributed by atoms with Gasteiger partial charge in [0.2, 0.25) is 23.6 Å². The number of nitrogens with two attached hydrogens (primary N) is 12. The molecule has 376 valence electrons. The molecule has 36 nitrogen and oxygen atoms in total. The summed E-state index contributed by atoms with van der Waals surface area (Å²) < 4.78 is 0. The number of carboxylic acids is 8. The maximum Gasteiger partial charge on any atom is 0.322 e. The number of hydrogen-bond donors (Lipinski definition) is 24. The molecule has 0 aromatic carbocycles. The third-order valence-corrected chi connectivity index (χ3v) is 5.01. The van der Waals surface area contributed by atoms with E-state index in [0.717, 1.165) is 0 Å². The topological polar surface area (TPSA) is 760 Å². The molecule has 0 rings (SSSR count). The van der Waals surface area contributed by atoms with Crippen LogP contribution in [0.5, 0.6) is 0 Å². The second-order valence-corrected chi connectivity index (χ2v) is 11.0. The Kier molecular flexibility index (Phi) is 53.2. The van der Waals surface area contributed by atoms with Gasteiger partial charge in [-0.1, -0.05) is 0 Å². The predicted octanol–water partition coefficient (Wildman–Crippen LogP) is -13.3. The summed E-state index contributed by atoms with van der Waals surface area (Å²) in [6.07, 6.45) is -1.24. The van der Waals surface area contributed by atoms with E-state index in [0.29, 0.717) is 0 Å². The Morgan fingerprint density at radius 1 is 0.250 bits per heavy atom. The van der Waals surface area contributed by atoms with Crippen LogP contribution in [-0.2, 0) is 57.5 Å². The Hall–Kier alpha value is -6.84. The van der Waals surface area contributed by atoms with Gasteiger partial charge in [-0.3, -0.25) is 57.5 Å². The summed E-state index contributed by atoms with van der Waals surface area (Å²) in [6.45, 7) is -2.02. The minimum Gasteiger partial charge on any atom is -0.480 e. The fourth-order valence-electron chi connectivity index (χ4n) is 1.53. The van der Waals surface area contributed by atoms with Crippen LogP contribution in [0.25, 0.3) is 0 Å². The zero-order valence-electron chi connectivity index (χ0n) is 33.5. The molecule has 4 amide bonds. The van der Waals surface area contributed by atoms with Gasteiger partial charge in [-0.25, -0.2) is 0 Å². The number of aliphatic hydroxyl groups excluding tert-OH is 4. The van der Waals surface area contributed by atoms with Crippen molar-refractivity contribution < 1.29 is 119 Å². The van der Waals surface area contributed by atoms with Crippen LogP contribution in [0.15, 0.2) is 0 Å². The Labute approximate surface area is 359 Å². The highest BCUT2D eigenvalue weighted by Gasteiger charge is 2.16. The van der Waals surface area contributed by atoms with Crippen molar-refractivity contribution in [1.82, 2.24) is 0 Å². The number of primary amides is 4. The fraction of sp³-hybridized carbons (Fsp3) is 0.571. The van der Waals surface area contributed by atoms with Crippen molar-refractivity contribution in [3.8, 4) is 0 Å². The number of hydrogen-bond acceptors (Lipinski definition) is 24. The summed E-state index contributed by atoms with van der Waals surface area (Å²) in [7, 11) is 0. The van der Waals surface area contributed by atoms with E-state index in [2.05, 4.69) is 22.9 Å². The zero-order chi connectivity index (χ0) is 53.2. The third-order valence-electron chi connectivity index (χ3n) is 5.01. The van der Waals surface area contributed by atoms with Crippen molar-refractivity contribution in [2.24, 2.45) is 68.8 Å². The quantitative estimate of drug-likeness (QED) is 0.0539. The summed E-state index contributed by atoms with van der Waals surface area (Å²) >= 11 is 0. The van der Waals surface area contributed by atoms with Crippen LogP contribution >= 0.6 is 0 Å². The molecule has 0 saturated carbocycles. The maximum atomic E-state index is 9.99. The number of carboxylic acid groups (broad SMARTS) is 8. The highest BCUT2D eigenvalue weighted by atomic mass is 16.4. The Balaban J connectivity index is -0.0000000936. The monoisotopic (exact) mass is 948 g/mol. The molecule has 0 radical (unpaired) electrons. The minimum atomic E-state index is -1.21. The first kappa shape index (κ1) is 74.6. The van der Waals surface area contributed by atoms with Crippen LogP contribution in [-0.4, -0.2) is 207 Å². The smallest absolute Gasteiger partial charge is 0.322 e. The van der Waals surface area contributed by atoms with Crippen molar-refractivity contribution in [2.45, 2.75) is 74.0 Å². The number of carbonyl (C=O) groups excluding carboxylic acids is 4. The van der Waals surface area contributed by atoms with E-state index in [1.807, 2.05) is 0 Å². The summed E-state index contributed by atoms with van der Waals surface area (Å²) in [5.41, 5.74) is 57.3. The lowest BCUT2D eigenvalue weighted by Gasteiger charge is -1.99. The Morgan fingerprint density at radius 2 is 0.344 bits per heavy atom. The molecular weight excluding hydrogens is 888 g/mol. The van der Waals surface area contributed by atoms with Gasteiger partial charge in [0.15, 0.2) is 0 Å². The van der Waals surface area contributed by atoms with Crippen molar-refractivity contribution >= 4 is 71.4 Å². The molecule has 0 aromatic heterocycles. The van der Waals surface area contributed by atoms with Crippen LogP contribution in [0.2, 0.25) is 0 Å². The van der Waals surface area contributed by atoms with Gasteiger partial charge in [-0.15, -0.1) is 0 Å². The van der Waals surface area contributed by atoms with Gasteiger partial charge < -0.3 is 130 Å².